The van der Waals surface area contributed by atoms with E-state index in [1.54, 1.807) is 0 Å². The van der Waals surface area contributed by atoms with Crippen LogP contribution in [0.15, 0.2) is 53.7 Å². The van der Waals surface area contributed by atoms with Crippen LogP contribution in [0.3, 0.4) is 0 Å². The zero-order chi connectivity index (χ0) is 19.2. The quantitative estimate of drug-likeness (QED) is 0.627. The van der Waals surface area contributed by atoms with Crippen LogP contribution in [-0.2, 0) is 11.8 Å². The molecule has 0 aliphatic rings. The van der Waals surface area contributed by atoms with Crippen molar-refractivity contribution < 1.29 is 9.53 Å². The molecule has 0 saturated carbocycles. The van der Waals surface area contributed by atoms with Crippen LogP contribution in [0.5, 0.6) is 5.75 Å². The van der Waals surface area contributed by atoms with Crippen LogP contribution in [0, 0.1) is 6.92 Å². The van der Waals surface area contributed by atoms with Crippen LogP contribution < -0.4 is 10.1 Å². The summed E-state index contributed by atoms with van der Waals surface area (Å²) in [5.41, 5.74) is 2.90. The monoisotopic (exact) mass is 382 g/mol. The number of benzene rings is 2. The molecule has 6 nitrogen and oxygen atoms in total. The summed E-state index contributed by atoms with van der Waals surface area (Å²) in [6, 6.07) is 15.4. The number of thioether (sulfide) groups is 1. The first-order valence-corrected chi connectivity index (χ1v) is 9.67. The van der Waals surface area contributed by atoms with Gasteiger partial charge >= 0.3 is 0 Å². The molecule has 0 bridgehead atoms. The predicted molar refractivity (Wildman–Crippen MR) is 108 cm³/mol. The Bertz CT molecular complexity index is 905. The number of carbonyl (C=O) groups is 1. The standard InChI is InChI=1S/C20H22N4O2S/c1-4-26-17-11-7-15(8-12-17)19-22-23-20(24(19)3)27-13-18(25)21-16-9-5-14(2)6-10-16/h5-12H,4,13H2,1-3H3,(H,21,25). The SMILES string of the molecule is CCOc1ccc(-c2nnc(SCC(=O)Nc3ccc(C)cc3)n2C)cc1. The van der Waals surface area contributed by atoms with Crippen LogP contribution in [0.4, 0.5) is 5.69 Å². The molecule has 0 saturated heterocycles. The topological polar surface area (TPSA) is 69.0 Å². The minimum Gasteiger partial charge on any atom is -0.494 e. The van der Waals surface area contributed by atoms with Crippen molar-refractivity contribution in [3.8, 4) is 17.1 Å². The molecular weight excluding hydrogens is 360 g/mol. The smallest absolute Gasteiger partial charge is 0.234 e. The van der Waals surface area contributed by atoms with Gasteiger partial charge in [0.15, 0.2) is 11.0 Å². The zero-order valence-corrected chi connectivity index (χ0v) is 16.4. The van der Waals surface area contributed by atoms with Gasteiger partial charge in [-0.05, 0) is 50.2 Å². The lowest BCUT2D eigenvalue weighted by molar-refractivity contribution is -0.113. The maximum absolute atomic E-state index is 12.2. The molecule has 2 aromatic carbocycles. The van der Waals surface area contributed by atoms with E-state index in [0.29, 0.717) is 11.8 Å². The number of nitrogens with zero attached hydrogens (tertiary/aromatic N) is 3. The number of rotatable bonds is 7. The van der Waals surface area contributed by atoms with Crippen LogP contribution >= 0.6 is 11.8 Å². The average Bonchev–Trinajstić information content (AvgIpc) is 3.03. The molecule has 0 aliphatic heterocycles. The van der Waals surface area contributed by atoms with Crippen LogP contribution in [0.25, 0.3) is 11.4 Å². The highest BCUT2D eigenvalue weighted by atomic mass is 32.2. The fraction of sp³-hybridized carbons (Fsp3) is 0.250. The molecule has 1 heterocycles. The van der Waals surface area contributed by atoms with E-state index < -0.39 is 0 Å². The van der Waals surface area contributed by atoms with Crippen molar-refractivity contribution >= 4 is 23.4 Å². The van der Waals surface area contributed by atoms with E-state index in [4.69, 9.17) is 4.74 Å². The molecular formula is C20H22N4O2S. The lowest BCUT2D eigenvalue weighted by Crippen LogP contribution is -2.14. The summed E-state index contributed by atoms with van der Waals surface area (Å²) in [6.07, 6.45) is 0. The summed E-state index contributed by atoms with van der Waals surface area (Å²) in [5.74, 6) is 1.77. The second-order valence-corrected chi connectivity index (χ2v) is 6.97. The molecule has 0 aliphatic carbocycles. The predicted octanol–water partition coefficient (Wildman–Crippen LogP) is 3.92. The van der Waals surface area contributed by atoms with Gasteiger partial charge in [-0.2, -0.15) is 0 Å². The zero-order valence-electron chi connectivity index (χ0n) is 15.6. The van der Waals surface area contributed by atoms with Gasteiger partial charge in [0, 0.05) is 18.3 Å². The Hall–Kier alpha value is -2.80. The lowest BCUT2D eigenvalue weighted by atomic mass is 10.2. The lowest BCUT2D eigenvalue weighted by Gasteiger charge is -2.07. The Morgan fingerprint density at radius 1 is 1.11 bits per heavy atom. The molecule has 0 fully saturated rings. The first kappa shape index (κ1) is 19.0. The summed E-state index contributed by atoms with van der Waals surface area (Å²) < 4.78 is 7.35. The summed E-state index contributed by atoms with van der Waals surface area (Å²) in [6.45, 7) is 4.60. The number of nitrogens with one attached hydrogen (secondary N) is 1. The van der Waals surface area contributed by atoms with E-state index >= 15 is 0 Å². The van der Waals surface area contributed by atoms with Gasteiger partial charge in [0.2, 0.25) is 5.91 Å². The number of aromatic nitrogens is 3. The third-order valence-electron chi connectivity index (χ3n) is 3.93. The molecule has 3 aromatic rings. The molecule has 1 aromatic heterocycles. The van der Waals surface area contributed by atoms with Gasteiger partial charge < -0.3 is 14.6 Å². The molecule has 1 amide bonds. The number of anilines is 1. The number of amides is 1. The molecule has 0 spiro atoms. The number of aryl methyl sites for hydroxylation is 1. The largest absolute Gasteiger partial charge is 0.494 e. The number of ether oxygens (including phenoxy) is 1. The Labute approximate surface area is 163 Å². The van der Waals surface area contributed by atoms with Gasteiger partial charge in [-0.15, -0.1) is 10.2 Å². The third-order valence-corrected chi connectivity index (χ3v) is 4.95. The molecule has 27 heavy (non-hydrogen) atoms. The molecule has 3 rings (SSSR count). The van der Waals surface area contributed by atoms with Crippen molar-refractivity contribution in [1.29, 1.82) is 0 Å². The summed E-state index contributed by atoms with van der Waals surface area (Å²) in [5, 5.41) is 12.0. The summed E-state index contributed by atoms with van der Waals surface area (Å²) in [7, 11) is 1.89. The maximum atomic E-state index is 12.2. The van der Waals surface area contributed by atoms with Crippen LogP contribution in [-0.4, -0.2) is 33.0 Å². The van der Waals surface area contributed by atoms with Gasteiger partial charge in [-0.1, -0.05) is 29.5 Å². The second kappa shape index (κ2) is 8.73. The molecule has 0 atom stereocenters. The number of carbonyl (C=O) groups excluding carboxylic acids is 1. The van der Waals surface area contributed by atoms with Crippen LogP contribution in [0.2, 0.25) is 0 Å². The minimum absolute atomic E-state index is 0.0746. The molecule has 1 N–H and O–H groups in total. The van der Waals surface area contributed by atoms with Gasteiger partial charge in [0.25, 0.3) is 0 Å². The Morgan fingerprint density at radius 2 is 1.81 bits per heavy atom. The van der Waals surface area contributed by atoms with Crippen molar-refractivity contribution in [1.82, 2.24) is 14.8 Å². The highest BCUT2D eigenvalue weighted by Crippen LogP contribution is 2.24. The Kier molecular flexibility index (Phi) is 6.13. The molecule has 7 heteroatoms. The summed E-state index contributed by atoms with van der Waals surface area (Å²) in [4.78, 5) is 12.2. The van der Waals surface area contributed by atoms with E-state index in [2.05, 4.69) is 15.5 Å². The van der Waals surface area contributed by atoms with Gasteiger partial charge in [0.1, 0.15) is 5.75 Å². The van der Waals surface area contributed by atoms with Crippen molar-refractivity contribution in [3.05, 3.63) is 54.1 Å². The van der Waals surface area contributed by atoms with E-state index in [-0.39, 0.29) is 11.7 Å². The highest BCUT2D eigenvalue weighted by molar-refractivity contribution is 7.99. The van der Waals surface area contributed by atoms with Gasteiger partial charge in [-0.3, -0.25) is 4.79 Å². The van der Waals surface area contributed by atoms with Crippen LogP contribution in [0.1, 0.15) is 12.5 Å². The first-order valence-electron chi connectivity index (χ1n) is 8.68. The van der Waals surface area contributed by atoms with Crippen molar-refractivity contribution in [2.75, 3.05) is 17.7 Å². The first-order chi connectivity index (χ1) is 13.1. The average molecular weight is 382 g/mol. The van der Waals surface area contributed by atoms with Gasteiger partial charge in [0.05, 0.1) is 12.4 Å². The molecule has 140 valence electrons. The van der Waals surface area contributed by atoms with Gasteiger partial charge in [-0.25, -0.2) is 0 Å². The van der Waals surface area contributed by atoms with E-state index in [1.165, 1.54) is 11.8 Å². The van der Waals surface area contributed by atoms with Crippen molar-refractivity contribution in [3.63, 3.8) is 0 Å². The summed E-state index contributed by atoms with van der Waals surface area (Å²) >= 11 is 1.36. The normalized spacial score (nSPS) is 10.6. The van der Waals surface area contributed by atoms with E-state index in [9.17, 15) is 4.79 Å². The fourth-order valence-corrected chi connectivity index (χ4v) is 3.23. The maximum Gasteiger partial charge on any atom is 0.234 e. The highest BCUT2D eigenvalue weighted by Gasteiger charge is 2.13. The fourth-order valence-electron chi connectivity index (χ4n) is 2.52. The third kappa shape index (κ3) is 4.89. The second-order valence-electron chi connectivity index (χ2n) is 6.03. The Morgan fingerprint density at radius 3 is 2.48 bits per heavy atom. The molecule has 0 radical (unpaired) electrons. The van der Waals surface area contributed by atoms with E-state index in [0.717, 1.165) is 28.4 Å². The van der Waals surface area contributed by atoms with E-state index in [1.807, 2.05) is 74.0 Å². The van der Waals surface area contributed by atoms with Crippen molar-refractivity contribution in [2.24, 2.45) is 7.05 Å². The Balaban J connectivity index is 1.61. The number of hydrogen-bond donors (Lipinski definition) is 1. The number of hydrogen-bond acceptors (Lipinski definition) is 5. The minimum atomic E-state index is -0.0746. The van der Waals surface area contributed by atoms with Crippen molar-refractivity contribution in [2.45, 2.75) is 19.0 Å². The molecule has 0 unspecified atom stereocenters.